The summed E-state index contributed by atoms with van der Waals surface area (Å²) < 4.78 is 0. The van der Waals surface area contributed by atoms with Gasteiger partial charge in [0.2, 0.25) is 11.8 Å². The van der Waals surface area contributed by atoms with Gasteiger partial charge in [-0.15, -0.1) is 11.8 Å². The van der Waals surface area contributed by atoms with Gasteiger partial charge in [-0.05, 0) is 24.6 Å². The number of halogens is 2. The average Bonchev–Trinajstić information content (AvgIpc) is 2.42. The van der Waals surface area contributed by atoms with Crippen LogP contribution in [0.15, 0.2) is 23.1 Å². The standard InChI is InChI=1S/C13H14Cl2N2O2S/c14-8-1-3-10(15)11(5-8)20-7-13(19)17-9-2-4-12(18)16-6-9/h1,3,5,9H,2,4,6-7H2,(H,16,18)(H,17,19). The Morgan fingerprint density at radius 3 is 2.95 bits per heavy atom. The van der Waals surface area contributed by atoms with Crippen molar-refractivity contribution in [3.05, 3.63) is 28.2 Å². The van der Waals surface area contributed by atoms with Crippen molar-refractivity contribution in [2.75, 3.05) is 12.3 Å². The fourth-order valence-corrected chi connectivity index (χ4v) is 3.16. The molecular formula is C13H14Cl2N2O2S. The molecule has 4 nitrogen and oxygen atoms in total. The Bertz CT molecular complexity index is 515. The van der Waals surface area contributed by atoms with Crippen LogP contribution in [-0.2, 0) is 9.59 Å². The summed E-state index contributed by atoms with van der Waals surface area (Å²) in [6, 6.07) is 5.16. The smallest absolute Gasteiger partial charge is 0.230 e. The topological polar surface area (TPSA) is 58.2 Å². The van der Waals surface area contributed by atoms with Gasteiger partial charge in [-0.2, -0.15) is 0 Å². The normalized spacial score (nSPS) is 18.5. The number of carbonyl (C=O) groups is 2. The van der Waals surface area contributed by atoms with E-state index in [1.54, 1.807) is 18.2 Å². The monoisotopic (exact) mass is 332 g/mol. The Kier molecular flexibility index (Phi) is 5.57. The number of hydrogen-bond donors (Lipinski definition) is 2. The summed E-state index contributed by atoms with van der Waals surface area (Å²) in [5.74, 6) is 0.229. The van der Waals surface area contributed by atoms with Gasteiger partial charge < -0.3 is 10.6 Å². The van der Waals surface area contributed by atoms with E-state index >= 15 is 0 Å². The number of carbonyl (C=O) groups excluding carboxylic acids is 2. The van der Waals surface area contributed by atoms with Crippen molar-refractivity contribution in [2.45, 2.75) is 23.8 Å². The molecule has 1 fully saturated rings. The molecule has 1 heterocycles. The summed E-state index contributed by atoms with van der Waals surface area (Å²) >= 11 is 13.3. The van der Waals surface area contributed by atoms with E-state index in [-0.39, 0.29) is 23.6 Å². The zero-order chi connectivity index (χ0) is 14.5. The van der Waals surface area contributed by atoms with E-state index in [1.807, 2.05) is 0 Å². The number of hydrogen-bond acceptors (Lipinski definition) is 3. The third-order valence-corrected chi connectivity index (χ3v) is 4.61. The van der Waals surface area contributed by atoms with Crippen LogP contribution in [0.5, 0.6) is 0 Å². The lowest BCUT2D eigenvalue weighted by Crippen LogP contribution is -2.48. The summed E-state index contributed by atoms with van der Waals surface area (Å²) in [6.45, 7) is 0.493. The van der Waals surface area contributed by atoms with Crippen LogP contribution in [0, 0.1) is 0 Å². The van der Waals surface area contributed by atoms with Crippen molar-refractivity contribution < 1.29 is 9.59 Å². The Morgan fingerprint density at radius 1 is 1.45 bits per heavy atom. The molecule has 0 saturated carbocycles. The van der Waals surface area contributed by atoms with Gasteiger partial charge in [0.1, 0.15) is 0 Å². The summed E-state index contributed by atoms with van der Waals surface area (Å²) in [4.78, 5) is 23.6. The fourth-order valence-electron chi connectivity index (χ4n) is 1.86. The second-order valence-electron chi connectivity index (χ2n) is 4.47. The number of rotatable bonds is 4. The van der Waals surface area contributed by atoms with E-state index in [1.165, 1.54) is 11.8 Å². The van der Waals surface area contributed by atoms with Crippen molar-refractivity contribution in [3.63, 3.8) is 0 Å². The third kappa shape index (κ3) is 4.58. The molecule has 0 aliphatic carbocycles. The number of amides is 2. The maximum atomic E-state index is 11.8. The van der Waals surface area contributed by atoms with E-state index in [2.05, 4.69) is 10.6 Å². The van der Waals surface area contributed by atoms with Crippen LogP contribution in [0.2, 0.25) is 10.0 Å². The van der Waals surface area contributed by atoms with Gasteiger partial charge >= 0.3 is 0 Å². The second-order valence-corrected chi connectivity index (χ2v) is 6.33. The first kappa shape index (κ1) is 15.5. The predicted molar refractivity (Wildman–Crippen MR) is 81.4 cm³/mol. The predicted octanol–water partition coefficient (Wildman–Crippen LogP) is 2.48. The van der Waals surface area contributed by atoms with E-state index in [0.717, 1.165) is 4.90 Å². The largest absolute Gasteiger partial charge is 0.354 e. The Balaban J connectivity index is 1.80. The molecule has 20 heavy (non-hydrogen) atoms. The lowest BCUT2D eigenvalue weighted by molar-refractivity contribution is -0.124. The molecule has 0 radical (unpaired) electrons. The molecule has 1 aromatic carbocycles. The zero-order valence-electron chi connectivity index (χ0n) is 10.6. The number of piperidine rings is 1. The lowest BCUT2D eigenvalue weighted by Gasteiger charge is -2.23. The molecule has 2 rings (SSSR count). The Hall–Kier alpha value is -0.910. The summed E-state index contributed by atoms with van der Waals surface area (Å²) in [6.07, 6.45) is 1.14. The SMILES string of the molecule is O=C1CCC(NC(=O)CSc2cc(Cl)ccc2Cl)CN1. The van der Waals surface area contributed by atoms with Crippen molar-refractivity contribution in [2.24, 2.45) is 0 Å². The van der Waals surface area contributed by atoms with E-state index in [0.29, 0.717) is 29.4 Å². The van der Waals surface area contributed by atoms with Gasteiger partial charge in [-0.3, -0.25) is 9.59 Å². The summed E-state index contributed by atoms with van der Waals surface area (Å²) in [7, 11) is 0. The Morgan fingerprint density at radius 2 is 2.25 bits per heavy atom. The van der Waals surface area contributed by atoms with Gasteiger partial charge in [0.15, 0.2) is 0 Å². The molecular weight excluding hydrogens is 319 g/mol. The van der Waals surface area contributed by atoms with Crippen LogP contribution < -0.4 is 10.6 Å². The van der Waals surface area contributed by atoms with Gasteiger partial charge in [-0.25, -0.2) is 0 Å². The molecule has 1 aliphatic rings. The highest BCUT2D eigenvalue weighted by molar-refractivity contribution is 8.00. The minimum Gasteiger partial charge on any atom is -0.354 e. The van der Waals surface area contributed by atoms with Crippen LogP contribution in [-0.4, -0.2) is 30.2 Å². The molecule has 0 spiro atoms. The maximum Gasteiger partial charge on any atom is 0.230 e. The molecule has 0 bridgehead atoms. The Labute approximate surface area is 131 Å². The fraction of sp³-hybridized carbons (Fsp3) is 0.385. The maximum absolute atomic E-state index is 11.8. The third-order valence-electron chi connectivity index (χ3n) is 2.88. The average molecular weight is 333 g/mol. The molecule has 7 heteroatoms. The van der Waals surface area contributed by atoms with Crippen LogP contribution in [0.1, 0.15) is 12.8 Å². The summed E-state index contributed by atoms with van der Waals surface area (Å²) in [5, 5.41) is 6.79. The van der Waals surface area contributed by atoms with E-state index < -0.39 is 0 Å². The highest BCUT2D eigenvalue weighted by Crippen LogP contribution is 2.29. The number of nitrogens with one attached hydrogen (secondary N) is 2. The van der Waals surface area contributed by atoms with Crippen molar-refractivity contribution in [1.82, 2.24) is 10.6 Å². The van der Waals surface area contributed by atoms with E-state index in [4.69, 9.17) is 23.2 Å². The molecule has 1 saturated heterocycles. The molecule has 1 unspecified atom stereocenters. The quantitative estimate of drug-likeness (QED) is 0.833. The molecule has 2 N–H and O–H groups in total. The van der Waals surface area contributed by atoms with E-state index in [9.17, 15) is 9.59 Å². The molecule has 1 atom stereocenters. The van der Waals surface area contributed by atoms with Crippen LogP contribution in [0.25, 0.3) is 0 Å². The number of benzene rings is 1. The van der Waals surface area contributed by atoms with Crippen molar-refractivity contribution in [3.8, 4) is 0 Å². The van der Waals surface area contributed by atoms with Crippen LogP contribution >= 0.6 is 35.0 Å². The number of thioether (sulfide) groups is 1. The van der Waals surface area contributed by atoms with Crippen LogP contribution in [0.4, 0.5) is 0 Å². The van der Waals surface area contributed by atoms with Gasteiger partial charge in [0.25, 0.3) is 0 Å². The lowest BCUT2D eigenvalue weighted by atomic mass is 10.1. The molecule has 2 amide bonds. The molecule has 1 aliphatic heterocycles. The first-order chi connectivity index (χ1) is 9.54. The highest BCUT2D eigenvalue weighted by Gasteiger charge is 2.19. The first-order valence-electron chi connectivity index (χ1n) is 6.18. The minimum atomic E-state index is -0.0767. The first-order valence-corrected chi connectivity index (χ1v) is 7.92. The minimum absolute atomic E-state index is 0.00985. The van der Waals surface area contributed by atoms with Crippen molar-refractivity contribution >= 4 is 46.8 Å². The zero-order valence-corrected chi connectivity index (χ0v) is 12.9. The molecule has 1 aromatic rings. The summed E-state index contributed by atoms with van der Waals surface area (Å²) in [5.41, 5.74) is 0. The molecule has 108 valence electrons. The van der Waals surface area contributed by atoms with Crippen LogP contribution in [0.3, 0.4) is 0 Å². The van der Waals surface area contributed by atoms with Gasteiger partial charge in [0.05, 0.1) is 10.8 Å². The van der Waals surface area contributed by atoms with Crippen molar-refractivity contribution in [1.29, 1.82) is 0 Å². The molecule has 0 aromatic heterocycles. The second kappa shape index (κ2) is 7.20. The van der Waals surface area contributed by atoms with Gasteiger partial charge in [0, 0.05) is 28.9 Å². The van der Waals surface area contributed by atoms with Gasteiger partial charge in [-0.1, -0.05) is 23.2 Å². The highest BCUT2D eigenvalue weighted by atomic mass is 35.5.